The predicted octanol–water partition coefficient (Wildman–Crippen LogP) is 4.18. The van der Waals surface area contributed by atoms with E-state index in [1.165, 1.54) is 36.6 Å². The van der Waals surface area contributed by atoms with Gasteiger partial charge in [0.1, 0.15) is 5.00 Å². The van der Waals surface area contributed by atoms with Gasteiger partial charge < -0.3 is 10.1 Å². The summed E-state index contributed by atoms with van der Waals surface area (Å²) in [5, 5.41) is 14.2. The molecule has 1 N–H and O–H groups in total. The van der Waals surface area contributed by atoms with Crippen molar-refractivity contribution in [2.75, 3.05) is 12.4 Å². The maximum Gasteiger partial charge on any atom is 0.341 e. The highest BCUT2D eigenvalue weighted by Crippen LogP contribution is 2.39. The van der Waals surface area contributed by atoms with Crippen molar-refractivity contribution in [2.24, 2.45) is 0 Å². The zero-order valence-electron chi connectivity index (χ0n) is 13.8. The van der Waals surface area contributed by atoms with Crippen LogP contribution in [0.15, 0.2) is 18.2 Å². The number of aryl methyl sites for hydroxylation is 1. The Kier molecular flexibility index (Phi) is 5.56. The first-order valence-corrected chi connectivity index (χ1v) is 9.80. The smallest absolute Gasteiger partial charge is 0.341 e. The first-order chi connectivity index (χ1) is 12.4. The van der Waals surface area contributed by atoms with Gasteiger partial charge in [0.25, 0.3) is 11.6 Å². The van der Waals surface area contributed by atoms with E-state index in [-0.39, 0.29) is 11.3 Å². The van der Waals surface area contributed by atoms with Crippen molar-refractivity contribution in [1.82, 2.24) is 0 Å². The molecule has 3 rings (SSSR count). The molecule has 2 aromatic rings. The molecule has 1 aliphatic carbocycles. The molecule has 0 radical (unpaired) electrons. The van der Waals surface area contributed by atoms with Crippen LogP contribution in [0.25, 0.3) is 0 Å². The van der Waals surface area contributed by atoms with Gasteiger partial charge in [-0.15, -0.1) is 11.3 Å². The molecule has 1 amide bonds. The highest BCUT2D eigenvalue weighted by molar-refractivity contribution is 14.1. The first-order valence-electron chi connectivity index (χ1n) is 7.90. The third-order valence-corrected chi connectivity index (χ3v) is 6.34. The molecule has 9 heteroatoms. The molecule has 0 aliphatic heterocycles. The number of non-ortho nitro benzene ring substituents is 1. The predicted molar refractivity (Wildman–Crippen MR) is 106 cm³/mol. The Labute approximate surface area is 167 Å². The van der Waals surface area contributed by atoms with Crippen LogP contribution in [0.2, 0.25) is 0 Å². The number of nitro groups is 1. The van der Waals surface area contributed by atoms with Crippen molar-refractivity contribution in [3.8, 4) is 0 Å². The van der Waals surface area contributed by atoms with E-state index < -0.39 is 16.8 Å². The number of hydrogen-bond donors (Lipinski definition) is 1. The number of benzene rings is 1. The molecule has 1 heterocycles. The number of hydrogen-bond acceptors (Lipinski definition) is 6. The summed E-state index contributed by atoms with van der Waals surface area (Å²) in [5.74, 6) is -0.963. The number of halogens is 1. The van der Waals surface area contributed by atoms with Crippen LogP contribution in [0.3, 0.4) is 0 Å². The average molecular weight is 486 g/mol. The molecule has 0 atom stereocenters. The lowest BCUT2D eigenvalue weighted by Crippen LogP contribution is -2.16. The molecule has 0 bridgehead atoms. The summed E-state index contributed by atoms with van der Waals surface area (Å²) in [4.78, 5) is 36.5. The van der Waals surface area contributed by atoms with Crippen LogP contribution < -0.4 is 5.32 Å². The Morgan fingerprint density at radius 3 is 2.73 bits per heavy atom. The van der Waals surface area contributed by atoms with Gasteiger partial charge in [0.15, 0.2) is 0 Å². The Bertz CT molecular complexity index is 909. The summed E-state index contributed by atoms with van der Waals surface area (Å²) in [5.41, 5.74) is 1.38. The van der Waals surface area contributed by atoms with E-state index in [2.05, 4.69) is 5.32 Å². The summed E-state index contributed by atoms with van der Waals surface area (Å²) in [7, 11) is 1.31. The van der Waals surface area contributed by atoms with Crippen LogP contribution in [0, 0.1) is 13.7 Å². The van der Waals surface area contributed by atoms with Crippen molar-refractivity contribution in [3.63, 3.8) is 0 Å². The van der Waals surface area contributed by atoms with Crippen molar-refractivity contribution in [3.05, 3.63) is 53.5 Å². The van der Waals surface area contributed by atoms with Crippen LogP contribution in [-0.2, 0) is 17.6 Å². The van der Waals surface area contributed by atoms with E-state index in [1.54, 1.807) is 0 Å². The van der Waals surface area contributed by atoms with Crippen LogP contribution in [0.5, 0.6) is 0 Å². The largest absolute Gasteiger partial charge is 0.465 e. The molecular weight excluding hydrogens is 471 g/mol. The fraction of sp³-hybridized carbons (Fsp3) is 0.294. The number of nitrogens with one attached hydrogen (secondary N) is 1. The fourth-order valence-electron chi connectivity index (χ4n) is 2.94. The number of nitrogens with zero attached hydrogens (tertiary/aromatic N) is 1. The standard InChI is InChI=1S/C17H15IN2O5S/c1-25-17(22)14-10-4-2-3-5-13(10)26-16(14)19-15(21)11-8-9(20(23)24)6-7-12(11)18/h6-8H,2-5H2,1H3,(H,19,21). The molecule has 7 nitrogen and oxygen atoms in total. The van der Waals surface area contributed by atoms with Crippen LogP contribution >= 0.6 is 33.9 Å². The lowest BCUT2D eigenvalue weighted by Gasteiger charge is -2.12. The van der Waals surface area contributed by atoms with Gasteiger partial charge >= 0.3 is 5.97 Å². The molecule has 0 saturated carbocycles. The van der Waals surface area contributed by atoms with Crippen molar-refractivity contribution in [2.45, 2.75) is 25.7 Å². The minimum absolute atomic E-state index is 0.158. The van der Waals surface area contributed by atoms with Gasteiger partial charge in [0.2, 0.25) is 0 Å². The maximum atomic E-state index is 12.7. The molecule has 136 valence electrons. The van der Waals surface area contributed by atoms with E-state index in [9.17, 15) is 19.7 Å². The molecule has 0 unspecified atom stereocenters. The summed E-state index contributed by atoms with van der Waals surface area (Å²) in [6.45, 7) is 0. The second-order valence-corrected chi connectivity index (χ2v) is 8.05. The second kappa shape index (κ2) is 7.70. The number of esters is 1. The number of carbonyl (C=O) groups is 2. The fourth-order valence-corrected chi connectivity index (χ4v) is 4.80. The molecule has 26 heavy (non-hydrogen) atoms. The molecule has 1 aromatic heterocycles. The van der Waals surface area contributed by atoms with Gasteiger partial charge in [-0.2, -0.15) is 0 Å². The van der Waals surface area contributed by atoms with E-state index in [0.29, 0.717) is 14.1 Å². The number of thiophene rings is 1. The van der Waals surface area contributed by atoms with E-state index in [0.717, 1.165) is 36.1 Å². The van der Waals surface area contributed by atoms with Crippen LogP contribution in [0.4, 0.5) is 10.7 Å². The van der Waals surface area contributed by atoms with Gasteiger partial charge in [-0.25, -0.2) is 4.79 Å². The molecule has 0 fully saturated rings. The van der Waals surface area contributed by atoms with Crippen LogP contribution in [0.1, 0.15) is 44.0 Å². The number of methoxy groups -OCH3 is 1. The number of amides is 1. The van der Waals surface area contributed by atoms with Crippen molar-refractivity contribution >= 4 is 56.5 Å². The first kappa shape index (κ1) is 18.8. The average Bonchev–Trinajstić information content (AvgIpc) is 2.98. The van der Waals surface area contributed by atoms with Crippen LogP contribution in [-0.4, -0.2) is 23.9 Å². The summed E-state index contributed by atoms with van der Waals surface area (Å²) < 4.78 is 5.48. The highest BCUT2D eigenvalue weighted by Gasteiger charge is 2.27. The Morgan fingerprint density at radius 1 is 1.31 bits per heavy atom. The highest BCUT2D eigenvalue weighted by atomic mass is 127. The molecule has 0 spiro atoms. The summed E-state index contributed by atoms with van der Waals surface area (Å²) >= 11 is 3.33. The minimum atomic E-state index is -0.545. The Morgan fingerprint density at radius 2 is 2.04 bits per heavy atom. The topological polar surface area (TPSA) is 98.5 Å². The number of anilines is 1. The zero-order valence-corrected chi connectivity index (χ0v) is 16.8. The van der Waals surface area contributed by atoms with E-state index >= 15 is 0 Å². The van der Waals surface area contributed by atoms with E-state index in [1.807, 2.05) is 22.6 Å². The van der Waals surface area contributed by atoms with E-state index in [4.69, 9.17) is 4.74 Å². The molecule has 1 aliphatic rings. The van der Waals surface area contributed by atoms with Gasteiger partial charge in [-0.1, -0.05) is 0 Å². The molecule has 0 saturated heterocycles. The molecular formula is C17H15IN2O5S. The number of nitro benzene ring substituents is 1. The SMILES string of the molecule is COC(=O)c1c(NC(=O)c2cc([N+](=O)[O-])ccc2I)sc2c1CCCC2. The summed E-state index contributed by atoms with van der Waals surface area (Å²) in [6.07, 6.45) is 3.68. The maximum absolute atomic E-state index is 12.7. The third kappa shape index (κ3) is 3.58. The van der Waals surface area contributed by atoms with Gasteiger partial charge in [-0.05, 0) is 59.9 Å². The van der Waals surface area contributed by atoms with Gasteiger partial charge in [0.05, 0.1) is 23.2 Å². The lowest BCUT2D eigenvalue weighted by atomic mass is 9.95. The van der Waals surface area contributed by atoms with Crippen molar-refractivity contribution in [1.29, 1.82) is 0 Å². The number of fused-ring (bicyclic) bond motifs is 1. The number of rotatable bonds is 4. The lowest BCUT2D eigenvalue weighted by molar-refractivity contribution is -0.384. The normalized spacial score (nSPS) is 13.0. The number of carbonyl (C=O) groups excluding carboxylic acids is 2. The van der Waals surface area contributed by atoms with Gasteiger partial charge in [-0.3, -0.25) is 14.9 Å². The second-order valence-electron chi connectivity index (χ2n) is 5.78. The molecule has 1 aromatic carbocycles. The Balaban J connectivity index is 1.98. The van der Waals surface area contributed by atoms with Crippen molar-refractivity contribution < 1.29 is 19.2 Å². The quantitative estimate of drug-likeness (QED) is 0.303. The Hall–Kier alpha value is -2.01. The third-order valence-electron chi connectivity index (χ3n) is 4.19. The minimum Gasteiger partial charge on any atom is -0.465 e. The monoisotopic (exact) mass is 486 g/mol. The van der Waals surface area contributed by atoms with Gasteiger partial charge in [0, 0.05) is 20.6 Å². The summed E-state index contributed by atoms with van der Waals surface area (Å²) in [6, 6.07) is 4.11. The zero-order chi connectivity index (χ0) is 18.8. The number of ether oxygens (including phenoxy) is 1.